The molecule has 0 spiro atoms. The zero-order valence-corrected chi connectivity index (χ0v) is 16.7. The summed E-state index contributed by atoms with van der Waals surface area (Å²) in [7, 11) is 0. The SMILES string of the molecule is CC1CN(C(=O)C2CCN(c3nc(-c4ccccc4)ns3)CC2)CC(C)O1. The number of hydrogen-bond donors (Lipinski definition) is 0. The van der Waals surface area contributed by atoms with Crippen molar-refractivity contribution in [3.8, 4) is 11.4 Å². The summed E-state index contributed by atoms with van der Waals surface area (Å²) in [6, 6.07) is 10.1. The highest BCUT2D eigenvalue weighted by Gasteiger charge is 2.33. The van der Waals surface area contributed by atoms with Crippen LogP contribution in [0.2, 0.25) is 0 Å². The number of piperidine rings is 1. The van der Waals surface area contributed by atoms with Crippen molar-refractivity contribution in [2.24, 2.45) is 5.92 Å². The van der Waals surface area contributed by atoms with Crippen LogP contribution in [0.5, 0.6) is 0 Å². The quantitative estimate of drug-likeness (QED) is 0.811. The molecule has 27 heavy (non-hydrogen) atoms. The van der Waals surface area contributed by atoms with Gasteiger partial charge in [-0.3, -0.25) is 4.79 Å². The van der Waals surface area contributed by atoms with Crippen LogP contribution in [-0.4, -0.2) is 58.6 Å². The molecule has 1 aromatic heterocycles. The fourth-order valence-electron chi connectivity index (χ4n) is 3.98. The van der Waals surface area contributed by atoms with Crippen molar-refractivity contribution >= 4 is 22.6 Å². The number of anilines is 1. The molecule has 2 aliphatic rings. The summed E-state index contributed by atoms with van der Waals surface area (Å²) in [4.78, 5) is 21.9. The summed E-state index contributed by atoms with van der Waals surface area (Å²) < 4.78 is 10.3. The minimum absolute atomic E-state index is 0.111. The van der Waals surface area contributed by atoms with Crippen molar-refractivity contribution in [1.82, 2.24) is 14.3 Å². The maximum atomic E-state index is 12.9. The van der Waals surface area contributed by atoms with E-state index in [2.05, 4.69) is 9.27 Å². The van der Waals surface area contributed by atoms with Gasteiger partial charge >= 0.3 is 0 Å². The molecule has 1 amide bonds. The number of nitrogens with zero attached hydrogens (tertiary/aromatic N) is 4. The number of amides is 1. The first-order valence-corrected chi connectivity index (χ1v) is 10.5. The van der Waals surface area contributed by atoms with Crippen LogP contribution in [0.3, 0.4) is 0 Å². The highest BCUT2D eigenvalue weighted by atomic mass is 32.1. The summed E-state index contributed by atoms with van der Waals surface area (Å²) in [5.41, 5.74) is 1.04. The second-order valence-electron chi connectivity index (χ2n) is 7.53. The lowest BCUT2D eigenvalue weighted by molar-refractivity contribution is -0.148. The number of aromatic nitrogens is 2. The van der Waals surface area contributed by atoms with Gasteiger partial charge in [0.05, 0.1) is 12.2 Å². The van der Waals surface area contributed by atoms with E-state index in [4.69, 9.17) is 9.72 Å². The lowest BCUT2D eigenvalue weighted by atomic mass is 9.95. The van der Waals surface area contributed by atoms with Crippen molar-refractivity contribution in [2.75, 3.05) is 31.1 Å². The van der Waals surface area contributed by atoms with Crippen LogP contribution in [0.25, 0.3) is 11.4 Å². The predicted molar refractivity (Wildman–Crippen MR) is 107 cm³/mol. The van der Waals surface area contributed by atoms with Crippen LogP contribution >= 0.6 is 11.5 Å². The van der Waals surface area contributed by atoms with E-state index in [1.165, 1.54) is 11.5 Å². The molecule has 2 unspecified atom stereocenters. The van der Waals surface area contributed by atoms with Gasteiger partial charge < -0.3 is 14.5 Å². The standard InChI is InChI=1S/C20H26N4O2S/c1-14-12-24(13-15(2)26-14)19(25)17-8-10-23(11-9-17)20-21-18(22-27-20)16-6-4-3-5-7-16/h3-7,14-15,17H,8-13H2,1-2H3. The number of hydrogen-bond acceptors (Lipinski definition) is 6. The van der Waals surface area contributed by atoms with Crippen LogP contribution in [0.15, 0.2) is 30.3 Å². The Labute approximate surface area is 164 Å². The van der Waals surface area contributed by atoms with Crippen molar-refractivity contribution in [3.05, 3.63) is 30.3 Å². The average molecular weight is 387 g/mol. The Bertz CT molecular complexity index is 763. The molecular weight excluding hydrogens is 360 g/mol. The average Bonchev–Trinajstić information content (AvgIpc) is 3.18. The summed E-state index contributed by atoms with van der Waals surface area (Å²) >= 11 is 1.44. The van der Waals surface area contributed by atoms with Gasteiger partial charge in [0.2, 0.25) is 11.0 Å². The van der Waals surface area contributed by atoms with E-state index in [9.17, 15) is 4.79 Å². The molecule has 0 N–H and O–H groups in total. The Kier molecular flexibility index (Phi) is 5.41. The monoisotopic (exact) mass is 386 g/mol. The lowest BCUT2D eigenvalue weighted by Crippen LogP contribution is -2.51. The van der Waals surface area contributed by atoms with E-state index in [1.807, 2.05) is 49.1 Å². The van der Waals surface area contributed by atoms with E-state index < -0.39 is 0 Å². The Morgan fingerprint density at radius 3 is 2.44 bits per heavy atom. The molecule has 144 valence electrons. The van der Waals surface area contributed by atoms with Crippen molar-refractivity contribution in [2.45, 2.75) is 38.9 Å². The van der Waals surface area contributed by atoms with Crippen LogP contribution in [-0.2, 0) is 9.53 Å². The van der Waals surface area contributed by atoms with Gasteiger partial charge in [0.25, 0.3) is 0 Å². The van der Waals surface area contributed by atoms with Gasteiger partial charge in [0.1, 0.15) is 0 Å². The number of rotatable bonds is 3. The van der Waals surface area contributed by atoms with Gasteiger partial charge in [-0.15, -0.1) is 0 Å². The van der Waals surface area contributed by atoms with E-state index in [1.54, 1.807) is 0 Å². The van der Waals surface area contributed by atoms with Gasteiger partial charge in [-0.2, -0.15) is 9.36 Å². The number of carbonyl (C=O) groups is 1. The summed E-state index contributed by atoms with van der Waals surface area (Å²) in [5, 5.41) is 0.952. The second-order valence-corrected chi connectivity index (χ2v) is 8.26. The van der Waals surface area contributed by atoms with Crippen molar-refractivity contribution < 1.29 is 9.53 Å². The third kappa shape index (κ3) is 4.14. The molecular formula is C20H26N4O2S. The molecule has 3 heterocycles. The zero-order chi connectivity index (χ0) is 18.8. The Hall–Kier alpha value is -1.99. The third-order valence-corrected chi connectivity index (χ3v) is 6.07. The zero-order valence-electron chi connectivity index (χ0n) is 15.9. The highest BCUT2D eigenvalue weighted by molar-refractivity contribution is 7.09. The smallest absolute Gasteiger partial charge is 0.225 e. The van der Waals surface area contributed by atoms with Gasteiger partial charge in [0, 0.05) is 49.2 Å². The predicted octanol–water partition coefficient (Wildman–Crippen LogP) is 3.06. The molecule has 0 aliphatic carbocycles. The van der Waals surface area contributed by atoms with Crippen LogP contribution in [0, 0.1) is 5.92 Å². The molecule has 2 aliphatic heterocycles. The topological polar surface area (TPSA) is 58.6 Å². The Balaban J connectivity index is 1.35. The molecule has 6 nitrogen and oxygen atoms in total. The molecule has 2 aromatic rings. The van der Waals surface area contributed by atoms with Crippen LogP contribution in [0.4, 0.5) is 5.13 Å². The molecule has 4 rings (SSSR count). The number of morpholine rings is 1. The Morgan fingerprint density at radius 2 is 1.78 bits per heavy atom. The lowest BCUT2D eigenvalue weighted by Gasteiger charge is -2.39. The fourth-order valence-corrected chi connectivity index (χ4v) is 4.72. The van der Waals surface area contributed by atoms with Crippen molar-refractivity contribution in [1.29, 1.82) is 0 Å². The third-order valence-electron chi connectivity index (χ3n) is 5.29. The second kappa shape index (κ2) is 7.94. The molecule has 2 atom stereocenters. The summed E-state index contributed by atoms with van der Waals surface area (Å²) in [5.74, 6) is 1.18. The van der Waals surface area contributed by atoms with E-state index >= 15 is 0 Å². The molecule has 1 aromatic carbocycles. The first-order chi connectivity index (χ1) is 13.1. The van der Waals surface area contributed by atoms with Crippen molar-refractivity contribution in [3.63, 3.8) is 0 Å². The number of carbonyl (C=O) groups excluding carboxylic acids is 1. The molecule has 2 fully saturated rings. The first-order valence-electron chi connectivity index (χ1n) is 9.68. The van der Waals surface area contributed by atoms with Gasteiger partial charge in [-0.1, -0.05) is 30.3 Å². The van der Waals surface area contributed by atoms with E-state index in [-0.39, 0.29) is 18.1 Å². The van der Waals surface area contributed by atoms with Crippen LogP contribution in [0.1, 0.15) is 26.7 Å². The molecule has 0 radical (unpaired) electrons. The van der Waals surface area contributed by atoms with E-state index in [0.29, 0.717) is 19.0 Å². The largest absolute Gasteiger partial charge is 0.372 e. The highest BCUT2D eigenvalue weighted by Crippen LogP contribution is 2.29. The van der Waals surface area contributed by atoms with Gasteiger partial charge in [-0.05, 0) is 26.7 Å². The molecule has 0 bridgehead atoms. The van der Waals surface area contributed by atoms with E-state index in [0.717, 1.165) is 42.5 Å². The molecule has 2 saturated heterocycles. The van der Waals surface area contributed by atoms with Crippen LogP contribution < -0.4 is 4.90 Å². The maximum absolute atomic E-state index is 12.9. The fraction of sp³-hybridized carbons (Fsp3) is 0.550. The minimum Gasteiger partial charge on any atom is -0.372 e. The minimum atomic E-state index is 0.111. The number of ether oxygens (including phenoxy) is 1. The molecule has 0 saturated carbocycles. The summed E-state index contributed by atoms with van der Waals surface area (Å²) in [6.45, 7) is 7.21. The molecule has 7 heteroatoms. The van der Waals surface area contributed by atoms with Gasteiger partial charge in [-0.25, -0.2) is 0 Å². The maximum Gasteiger partial charge on any atom is 0.225 e. The Morgan fingerprint density at radius 1 is 1.11 bits per heavy atom. The number of benzene rings is 1. The first kappa shape index (κ1) is 18.4. The normalized spacial score (nSPS) is 24.2. The summed E-state index contributed by atoms with van der Waals surface area (Å²) in [6.07, 6.45) is 1.99. The van der Waals surface area contributed by atoms with Gasteiger partial charge in [0.15, 0.2) is 5.82 Å².